The zero-order chi connectivity index (χ0) is 48.9. The fraction of sp³-hybridized carbons (Fsp3) is 1.00. The summed E-state index contributed by atoms with van der Waals surface area (Å²) >= 11 is 0. The summed E-state index contributed by atoms with van der Waals surface area (Å²) in [6, 6.07) is 0. The van der Waals surface area contributed by atoms with Gasteiger partial charge in [-0.1, -0.05) is 59.4 Å². The van der Waals surface area contributed by atoms with Crippen molar-refractivity contribution in [1.29, 1.82) is 0 Å². The lowest BCUT2D eigenvalue weighted by Gasteiger charge is -2.30. The summed E-state index contributed by atoms with van der Waals surface area (Å²) in [5.41, 5.74) is 0. The Hall–Kier alpha value is -0.480. The second-order valence-electron chi connectivity index (χ2n) is 26.3. The Kier molecular flexibility index (Phi) is 68.7. The molecule has 0 aliphatic heterocycles. The molecule has 69 heavy (non-hydrogen) atoms. The third-order valence-corrected chi connectivity index (χ3v) is 10.0. The highest BCUT2D eigenvalue weighted by molar-refractivity contribution is 4.61. The van der Waals surface area contributed by atoms with Gasteiger partial charge in [0.1, 0.15) is 13.1 Å². The Labute approximate surface area is 447 Å². The molecule has 0 aromatic carbocycles. The molecule has 12 nitrogen and oxygen atoms in total. The van der Waals surface area contributed by atoms with Crippen LogP contribution in [0.15, 0.2) is 0 Å². The fourth-order valence-electron chi connectivity index (χ4n) is 6.07. The van der Waals surface area contributed by atoms with E-state index in [-0.39, 0.29) is 59.4 Å². The largest absolute Gasteiger partial charge is 0.331 e. The summed E-state index contributed by atoms with van der Waals surface area (Å²) in [5.74, 6) is 0. The highest BCUT2D eigenvalue weighted by Crippen LogP contribution is 2.05. The van der Waals surface area contributed by atoms with Crippen molar-refractivity contribution in [3.8, 4) is 0 Å². The maximum Gasteiger partial charge on any atom is 0.128 e. The van der Waals surface area contributed by atoms with E-state index in [0.717, 1.165) is 31.4 Å². The predicted octanol–water partition coefficient (Wildman–Crippen LogP) is 8.61. The van der Waals surface area contributed by atoms with Gasteiger partial charge in [0, 0.05) is 58.4 Å². The molecule has 0 saturated carbocycles. The van der Waals surface area contributed by atoms with E-state index in [1.54, 1.807) is 0 Å². The summed E-state index contributed by atoms with van der Waals surface area (Å²) in [6.45, 7) is 19.8. The average Bonchev–Trinajstić information content (AvgIpc) is 3.00. The number of nitrogens with zero attached hydrogens (tertiary/aromatic N) is 12. The first-order chi connectivity index (χ1) is 27.1. The number of quaternary nitrogens is 7. The highest BCUT2D eigenvalue weighted by Gasteiger charge is 2.16. The summed E-state index contributed by atoms with van der Waals surface area (Å²) < 4.78 is 7.48. The van der Waals surface area contributed by atoms with Gasteiger partial charge in [0.25, 0.3) is 0 Å². The Morgan fingerprint density at radius 2 is 0.348 bits per heavy atom. The van der Waals surface area contributed by atoms with E-state index < -0.39 is 0 Å². The predicted molar refractivity (Wildman–Crippen MR) is 330 cm³/mol. The molecule has 0 unspecified atom stereocenters. The van der Waals surface area contributed by atoms with Crippen molar-refractivity contribution in [2.45, 2.75) is 97.9 Å². The van der Waals surface area contributed by atoms with Crippen LogP contribution in [0.5, 0.6) is 0 Å². The van der Waals surface area contributed by atoms with E-state index in [1.165, 1.54) is 143 Å². The quantitative estimate of drug-likeness (QED) is 0.0669. The Morgan fingerprint density at radius 1 is 0.188 bits per heavy atom. The van der Waals surface area contributed by atoms with Crippen LogP contribution in [0.3, 0.4) is 0 Å². The standard InChI is InChI=1S/C18H45N4.C16H39N4.C8H22N2.C7H19N2.8CH4/c1-20(2,3)16-10-13-19(14-11-17-21(4,5)6)15-12-18-22(7,8)9;1-17(2)11-8-13-19(14-9-12-18(3)4)15-10-16-20(5,6)7;1-9(2,3)7-8-10(4,5)6;1-8(2)6-7-9(3,4)5;;;;;;;;/h10-18H2,1-9H3;8-16H2,1-7H3;7-8H2,1-6H3;6-7H2,1-5H3;8*1H4/q+3;+1;+2;+1;;;;;;;;. The molecule has 0 rings (SSSR count). The van der Waals surface area contributed by atoms with Gasteiger partial charge in [0.2, 0.25) is 0 Å². The van der Waals surface area contributed by atoms with Crippen LogP contribution in [0.2, 0.25) is 0 Å². The highest BCUT2D eigenvalue weighted by atomic mass is 15.3. The number of hydrogen-bond acceptors (Lipinski definition) is 5. The third-order valence-electron chi connectivity index (χ3n) is 10.0. The zero-order valence-electron chi connectivity index (χ0n) is 47.9. The van der Waals surface area contributed by atoms with Crippen LogP contribution in [0, 0.1) is 0 Å². The van der Waals surface area contributed by atoms with Crippen molar-refractivity contribution in [2.24, 2.45) is 0 Å². The Balaban J connectivity index is -0.0000000639. The van der Waals surface area contributed by atoms with E-state index in [1.807, 2.05) is 0 Å². The molecule has 0 atom stereocenters. The van der Waals surface area contributed by atoms with Crippen LogP contribution in [-0.4, -0.2) is 351 Å². The van der Waals surface area contributed by atoms with Crippen LogP contribution >= 0.6 is 0 Å². The molecule has 0 aromatic rings. The summed E-state index contributed by atoms with van der Waals surface area (Å²) in [6.07, 6.45) is 7.76. The third kappa shape index (κ3) is 105. The minimum atomic E-state index is 0. The Morgan fingerprint density at radius 3 is 0.478 bits per heavy atom. The molecule has 0 saturated heterocycles. The molecule has 0 aliphatic rings. The van der Waals surface area contributed by atoms with Gasteiger partial charge in [-0.25, -0.2) is 0 Å². The van der Waals surface area contributed by atoms with Gasteiger partial charge in [0.15, 0.2) is 0 Å². The lowest BCUT2D eigenvalue weighted by atomic mass is 10.2. The van der Waals surface area contributed by atoms with Gasteiger partial charge in [-0.2, -0.15) is 0 Å². The van der Waals surface area contributed by atoms with Gasteiger partial charge in [0.05, 0.1) is 181 Å². The van der Waals surface area contributed by atoms with Crippen molar-refractivity contribution >= 4 is 0 Å². The topological polar surface area (TPSA) is 16.2 Å². The van der Waals surface area contributed by atoms with Crippen molar-refractivity contribution < 1.29 is 31.4 Å². The van der Waals surface area contributed by atoms with E-state index in [0.29, 0.717) is 0 Å². The molecule has 0 heterocycles. The van der Waals surface area contributed by atoms with E-state index >= 15 is 0 Å². The minimum Gasteiger partial charge on any atom is -0.331 e. The van der Waals surface area contributed by atoms with Gasteiger partial charge in [-0.05, 0) is 81.3 Å². The van der Waals surface area contributed by atoms with Gasteiger partial charge >= 0.3 is 0 Å². The normalized spacial score (nSPS) is 11.8. The van der Waals surface area contributed by atoms with E-state index in [2.05, 4.69) is 215 Å². The van der Waals surface area contributed by atoms with Crippen LogP contribution in [-0.2, 0) is 0 Å². The molecular weight excluding hydrogens is 853 g/mol. The maximum atomic E-state index is 2.70. The lowest BCUT2D eigenvalue weighted by molar-refractivity contribution is -0.927. The molecule has 0 amide bonds. The lowest BCUT2D eigenvalue weighted by Crippen LogP contribution is -2.46. The molecule has 0 spiro atoms. The molecular formula is C57H157N12+7. The second kappa shape index (κ2) is 48.5. The number of rotatable bonds is 30. The monoisotopic (exact) mass is 1010 g/mol. The van der Waals surface area contributed by atoms with Crippen LogP contribution in [0.4, 0.5) is 0 Å². The fourth-order valence-corrected chi connectivity index (χ4v) is 6.07. The maximum absolute atomic E-state index is 2.70. The molecule has 0 N–H and O–H groups in total. The van der Waals surface area contributed by atoms with Crippen LogP contribution in [0.1, 0.15) is 97.9 Å². The molecule has 438 valence electrons. The SMILES string of the molecule is C.C.C.C.C.C.C.C.CN(C)CCCN(CCCN(C)C)CCC[N+](C)(C)C.CN(C)CC[N+](C)(C)C.C[N+](C)(C)CCCN(CCC[N+](C)(C)C)CCC[N+](C)(C)C.C[N+](C)(C)CC[N+](C)(C)C. The first-order valence-electron chi connectivity index (χ1n) is 24.1. The van der Waals surface area contributed by atoms with Crippen LogP contribution < -0.4 is 0 Å². The average molecular weight is 1010 g/mol. The van der Waals surface area contributed by atoms with Gasteiger partial charge in [-0.3, -0.25) is 0 Å². The molecule has 0 radical (unpaired) electrons. The van der Waals surface area contributed by atoms with Crippen molar-refractivity contribution in [3.63, 3.8) is 0 Å². The summed E-state index contributed by atoms with van der Waals surface area (Å²) in [5, 5.41) is 0. The van der Waals surface area contributed by atoms with Crippen molar-refractivity contribution in [3.05, 3.63) is 0 Å². The summed E-state index contributed by atoms with van der Waals surface area (Å²) in [4.78, 5) is 12.1. The van der Waals surface area contributed by atoms with Crippen molar-refractivity contribution in [2.75, 3.05) is 295 Å². The van der Waals surface area contributed by atoms with Crippen LogP contribution in [0.25, 0.3) is 0 Å². The van der Waals surface area contributed by atoms with E-state index in [9.17, 15) is 0 Å². The van der Waals surface area contributed by atoms with E-state index in [4.69, 9.17) is 0 Å². The van der Waals surface area contributed by atoms with Crippen molar-refractivity contribution in [1.82, 2.24) is 24.5 Å². The smallest absolute Gasteiger partial charge is 0.128 e. The molecule has 0 aromatic heterocycles. The Bertz CT molecular complexity index is 894. The first-order valence-corrected chi connectivity index (χ1v) is 24.1. The minimum absolute atomic E-state index is 0. The zero-order valence-corrected chi connectivity index (χ0v) is 47.9. The number of hydrogen-bond donors (Lipinski definition) is 0. The second-order valence-corrected chi connectivity index (χ2v) is 26.3. The molecule has 0 fully saturated rings. The first kappa shape index (κ1) is 97.8. The van der Waals surface area contributed by atoms with Gasteiger partial charge in [-0.15, -0.1) is 0 Å². The van der Waals surface area contributed by atoms with Gasteiger partial charge < -0.3 is 55.9 Å². The summed E-state index contributed by atoms with van der Waals surface area (Å²) in [7, 11) is 60.3. The number of likely N-dealkylation sites (N-methyl/N-ethyl adjacent to an activating group) is 4. The molecule has 0 aliphatic carbocycles. The molecule has 12 heteroatoms. The molecule has 0 bridgehead atoms.